The van der Waals surface area contributed by atoms with E-state index in [4.69, 9.17) is 0 Å². The van der Waals surface area contributed by atoms with Gasteiger partial charge in [-0.25, -0.2) is 17.7 Å². The molecule has 0 fully saturated rings. The minimum absolute atomic E-state index is 0.149. The van der Waals surface area contributed by atoms with E-state index in [1.165, 1.54) is 0 Å². The van der Waals surface area contributed by atoms with Crippen molar-refractivity contribution in [3.05, 3.63) is 52.1 Å². The van der Waals surface area contributed by atoms with Crippen LogP contribution >= 0.6 is 15.9 Å². The van der Waals surface area contributed by atoms with E-state index in [2.05, 4.69) is 41.7 Å². The number of aliphatic hydroxyl groups excluding tert-OH is 1. The van der Waals surface area contributed by atoms with Crippen LogP contribution in [0.15, 0.2) is 45.9 Å². The molecule has 0 bridgehead atoms. The van der Waals surface area contributed by atoms with Crippen molar-refractivity contribution in [1.82, 2.24) is 4.98 Å². The van der Waals surface area contributed by atoms with Crippen LogP contribution in [-0.4, -0.2) is 48.9 Å². The van der Waals surface area contributed by atoms with Gasteiger partial charge in [0.15, 0.2) is 18.1 Å². The molecule has 0 spiro atoms. The van der Waals surface area contributed by atoms with Gasteiger partial charge in [-0.2, -0.15) is 0 Å². The highest BCUT2D eigenvalue weighted by atomic mass is 79.9. The quantitative estimate of drug-likeness (QED) is 0.657. The fraction of sp³-hybridized carbons (Fsp3) is 0.450. The van der Waals surface area contributed by atoms with Gasteiger partial charge < -0.3 is 9.59 Å². The Hall–Kier alpha value is -1.48. The molecule has 0 amide bonds. The maximum Gasteiger partial charge on any atom is 0.267 e. The predicted molar refractivity (Wildman–Crippen MR) is 113 cm³/mol. The molecule has 1 aliphatic rings. The van der Waals surface area contributed by atoms with Crippen LogP contribution < -0.4 is 4.31 Å². The monoisotopic (exact) mass is 468 g/mol. The number of aliphatic hydroxyl groups is 1. The van der Waals surface area contributed by atoms with E-state index in [1.807, 2.05) is 13.0 Å². The third-order valence-corrected chi connectivity index (χ3v) is 8.18. The Balaban J connectivity index is 2.21. The number of rotatable bonds is 6. The van der Waals surface area contributed by atoms with Crippen molar-refractivity contribution in [2.24, 2.45) is 0 Å². The molecule has 2 atom stereocenters. The zero-order valence-corrected chi connectivity index (χ0v) is 19.0. The van der Waals surface area contributed by atoms with Gasteiger partial charge >= 0.3 is 0 Å². The minimum Gasteiger partial charge on any atom is -0.367 e. The second-order valence-corrected chi connectivity index (χ2v) is 9.94. The van der Waals surface area contributed by atoms with Crippen LogP contribution in [0, 0.1) is 6.92 Å². The molecule has 152 valence electrons. The van der Waals surface area contributed by atoms with E-state index in [0.29, 0.717) is 10.3 Å². The summed E-state index contributed by atoms with van der Waals surface area (Å²) < 4.78 is 29.3. The summed E-state index contributed by atoms with van der Waals surface area (Å²) in [5.74, 6) is 0.305. The van der Waals surface area contributed by atoms with Crippen molar-refractivity contribution >= 4 is 31.8 Å². The van der Waals surface area contributed by atoms with Crippen LogP contribution in [0.3, 0.4) is 0 Å². The molecule has 1 N–H and O–H groups in total. The molecule has 2 heterocycles. The van der Waals surface area contributed by atoms with E-state index in [-0.39, 0.29) is 4.90 Å². The first-order valence-electron chi connectivity index (χ1n) is 9.52. The van der Waals surface area contributed by atoms with Gasteiger partial charge in [-0.3, -0.25) is 0 Å². The fourth-order valence-electron chi connectivity index (χ4n) is 4.18. The number of nitrogens with zero attached hydrogens (tertiary/aromatic N) is 3. The average Bonchev–Trinajstić information content (AvgIpc) is 2.97. The molecule has 1 aliphatic heterocycles. The number of fused-ring (bicyclic) bond motifs is 1. The number of hydrogen-bond acceptors (Lipinski definition) is 4. The molecular formula is C20H27BrN3O3S+. The largest absolute Gasteiger partial charge is 0.367 e. The van der Waals surface area contributed by atoms with Crippen LogP contribution in [0.2, 0.25) is 0 Å². The summed E-state index contributed by atoms with van der Waals surface area (Å²) in [4.78, 5) is 4.55. The molecular weight excluding hydrogens is 442 g/mol. The van der Waals surface area contributed by atoms with Crippen LogP contribution in [0.25, 0.3) is 0 Å². The highest BCUT2D eigenvalue weighted by molar-refractivity contribution is 9.10. The molecule has 0 aliphatic carbocycles. The third-order valence-electron chi connectivity index (χ3n) is 5.97. The number of aryl methyl sites for hydroxylation is 1. The Morgan fingerprint density at radius 2 is 1.71 bits per heavy atom. The van der Waals surface area contributed by atoms with E-state index in [1.54, 1.807) is 30.5 Å². The highest BCUT2D eigenvalue weighted by Crippen LogP contribution is 2.47. The Bertz CT molecular complexity index is 951. The molecule has 2 aromatic rings. The van der Waals surface area contributed by atoms with Gasteiger partial charge in [0.1, 0.15) is 0 Å². The summed E-state index contributed by atoms with van der Waals surface area (Å²) in [5.41, 5.74) is 1.72. The maximum atomic E-state index is 13.4. The summed E-state index contributed by atoms with van der Waals surface area (Å²) in [5, 5.41) is 11.3. The Kier molecular flexibility index (Phi) is 5.87. The van der Waals surface area contributed by atoms with Gasteiger partial charge in [0.2, 0.25) is 0 Å². The Morgan fingerprint density at radius 1 is 1.14 bits per heavy atom. The van der Waals surface area contributed by atoms with Gasteiger partial charge in [0.05, 0.1) is 30.1 Å². The zero-order valence-electron chi connectivity index (χ0n) is 16.6. The molecule has 28 heavy (non-hydrogen) atoms. The number of anilines is 1. The molecule has 0 saturated heterocycles. The molecule has 3 rings (SSSR count). The Morgan fingerprint density at radius 3 is 2.25 bits per heavy atom. The van der Waals surface area contributed by atoms with Crippen LogP contribution in [0.4, 0.5) is 5.82 Å². The van der Waals surface area contributed by atoms with Crippen molar-refractivity contribution in [2.45, 2.75) is 44.9 Å². The first-order valence-corrected chi connectivity index (χ1v) is 11.8. The van der Waals surface area contributed by atoms with Crippen molar-refractivity contribution in [2.75, 3.05) is 23.9 Å². The molecule has 6 nitrogen and oxygen atoms in total. The van der Waals surface area contributed by atoms with Gasteiger partial charge in [-0.1, -0.05) is 17.7 Å². The van der Waals surface area contributed by atoms with E-state index >= 15 is 0 Å². The predicted octanol–water partition coefficient (Wildman–Crippen LogP) is 3.60. The van der Waals surface area contributed by atoms with E-state index < -0.39 is 22.3 Å². The first-order chi connectivity index (χ1) is 13.2. The number of halogens is 1. The lowest BCUT2D eigenvalue weighted by molar-refractivity contribution is -0.955. The molecule has 1 aromatic heterocycles. The molecule has 0 unspecified atom stereocenters. The number of quaternary nitrogens is 1. The number of pyridine rings is 1. The minimum atomic E-state index is -3.95. The SMILES string of the molecule is CC[N+](CC)(CC)[C@@H]1c2cc(Br)cnc2N(S(=O)(=O)c2ccc(C)cc2)[C@H]1O. The average molecular weight is 469 g/mol. The maximum absolute atomic E-state index is 13.4. The standard InChI is InChI=1S/C20H27BrN3O3S/c1-5-24(6-2,7-3)18-17-12-15(21)13-22-19(17)23(20(18)25)28(26,27)16-10-8-14(4)9-11-16/h8-13,18,20,25H,5-7H2,1-4H3/q+1/t18-,20+/m1/s1. The first kappa shape index (κ1) is 21.2. The van der Waals surface area contributed by atoms with Gasteiger partial charge in [-0.15, -0.1) is 0 Å². The van der Waals surface area contributed by atoms with E-state index in [9.17, 15) is 13.5 Å². The zero-order chi connectivity index (χ0) is 20.7. The second-order valence-electron chi connectivity index (χ2n) is 7.21. The van der Waals surface area contributed by atoms with E-state index in [0.717, 1.165) is 39.5 Å². The summed E-state index contributed by atoms with van der Waals surface area (Å²) >= 11 is 3.45. The molecule has 1 aromatic carbocycles. The number of sulfonamides is 1. The summed E-state index contributed by atoms with van der Waals surface area (Å²) in [6.07, 6.45) is 0.354. The van der Waals surface area contributed by atoms with Crippen molar-refractivity contribution < 1.29 is 18.0 Å². The topological polar surface area (TPSA) is 70.5 Å². The fourth-order valence-corrected chi connectivity index (χ4v) is 6.02. The molecule has 8 heteroatoms. The molecule has 0 saturated carbocycles. The van der Waals surface area contributed by atoms with Gasteiger partial charge in [0.25, 0.3) is 10.0 Å². The Labute approximate surface area is 175 Å². The number of likely N-dealkylation sites (N-methyl/N-ethyl adjacent to an activating group) is 1. The molecule has 0 radical (unpaired) electrons. The number of hydrogen-bond donors (Lipinski definition) is 1. The number of benzene rings is 1. The van der Waals surface area contributed by atoms with Gasteiger partial charge in [-0.05, 0) is 61.8 Å². The van der Waals surface area contributed by atoms with Crippen molar-refractivity contribution in [3.8, 4) is 0 Å². The lowest BCUT2D eigenvalue weighted by Gasteiger charge is -2.43. The summed E-state index contributed by atoms with van der Waals surface area (Å²) in [7, 11) is -3.95. The van der Waals surface area contributed by atoms with Crippen LogP contribution in [0.1, 0.15) is 37.9 Å². The number of aromatic nitrogens is 1. The third kappa shape index (κ3) is 3.26. The van der Waals surface area contributed by atoms with Crippen molar-refractivity contribution in [1.29, 1.82) is 0 Å². The lowest BCUT2D eigenvalue weighted by Crippen LogP contribution is -2.55. The second kappa shape index (κ2) is 7.74. The van der Waals surface area contributed by atoms with Gasteiger partial charge in [0, 0.05) is 10.7 Å². The summed E-state index contributed by atoms with van der Waals surface area (Å²) in [6.45, 7) is 10.4. The smallest absolute Gasteiger partial charge is 0.267 e. The normalized spacial score (nSPS) is 19.7. The summed E-state index contributed by atoms with van der Waals surface area (Å²) in [6, 6.07) is 8.14. The van der Waals surface area contributed by atoms with Crippen LogP contribution in [0.5, 0.6) is 0 Å². The van der Waals surface area contributed by atoms with Crippen molar-refractivity contribution in [3.63, 3.8) is 0 Å². The lowest BCUT2D eigenvalue weighted by atomic mass is 10.0. The van der Waals surface area contributed by atoms with Crippen LogP contribution in [-0.2, 0) is 10.0 Å². The highest BCUT2D eigenvalue weighted by Gasteiger charge is 2.53.